The fourth-order valence-electron chi connectivity index (χ4n) is 2.45. The average molecular weight is 336 g/mol. The van der Waals surface area contributed by atoms with Gasteiger partial charge in [-0.25, -0.2) is 18.6 Å². The van der Waals surface area contributed by atoms with E-state index in [4.69, 9.17) is 5.11 Å². The summed E-state index contributed by atoms with van der Waals surface area (Å²) in [5, 5.41) is 18.1. The van der Waals surface area contributed by atoms with Crippen molar-refractivity contribution in [3.63, 3.8) is 0 Å². The predicted octanol–water partition coefficient (Wildman–Crippen LogP) is 4.26. The molecule has 0 spiro atoms. The summed E-state index contributed by atoms with van der Waals surface area (Å²) in [6.07, 6.45) is 0. The van der Waals surface area contributed by atoms with E-state index < -0.39 is 23.2 Å². The van der Waals surface area contributed by atoms with E-state index in [1.807, 2.05) is 36.4 Å². The van der Waals surface area contributed by atoms with Crippen molar-refractivity contribution in [3.8, 4) is 28.6 Å². The molecule has 0 atom stereocenters. The number of hydrogen-bond acceptors (Lipinski definition) is 3. The Labute approximate surface area is 141 Å². The molecule has 0 amide bonds. The summed E-state index contributed by atoms with van der Waals surface area (Å²) < 4.78 is 27.9. The molecule has 1 N–H and O–H groups in total. The molecule has 0 radical (unpaired) electrons. The first-order chi connectivity index (χ1) is 12.0. The van der Waals surface area contributed by atoms with Crippen LogP contribution in [0.3, 0.4) is 0 Å². The van der Waals surface area contributed by atoms with Gasteiger partial charge in [-0.2, -0.15) is 5.26 Å². The minimum Gasteiger partial charge on any atom is -0.477 e. The lowest BCUT2D eigenvalue weighted by Gasteiger charge is -2.09. The van der Waals surface area contributed by atoms with E-state index in [0.29, 0.717) is 5.69 Å². The molecule has 0 saturated carbocycles. The van der Waals surface area contributed by atoms with Crippen LogP contribution in [-0.4, -0.2) is 16.1 Å². The molecule has 2 aromatic carbocycles. The molecule has 3 aromatic rings. The highest BCUT2D eigenvalue weighted by molar-refractivity contribution is 5.89. The molecule has 4 nitrogen and oxygen atoms in total. The van der Waals surface area contributed by atoms with E-state index in [9.17, 15) is 18.8 Å². The van der Waals surface area contributed by atoms with Gasteiger partial charge in [0.05, 0.1) is 17.0 Å². The maximum atomic E-state index is 14.0. The number of nitriles is 1. The van der Waals surface area contributed by atoms with Crippen LogP contribution in [0.2, 0.25) is 0 Å². The number of aromatic carboxylic acids is 1. The lowest BCUT2D eigenvalue weighted by atomic mass is 10.0. The minimum atomic E-state index is -1.70. The molecule has 0 unspecified atom stereocenters. The first kappa shape index (κ1) is 16.3. The number of nitrogens with zero attached hydrogens (tertiary/aromatic N) is 2. The molecule has 6 heteroatoms. The molecule has 1 heterocycles. The Morgan fingerprint density at radius 1 is 1.00 bits per heavy atom. The van der Waals surface area contributed by atoms with Crippen LogP contribution in [0.25, 0.3) is 22.5 Å². The van der Waals surface area contributed by atoms with Crippen molar-refractivity contribution in [2.24, 2.45) is 0 Å². The van der Waals surface area contributed by atoms with Gasteiger partial charge in [0.2, 0.25) is 0 Å². The lowest BCUT2D eigenvalue weighted by molar-refractivity contribution is 0.0686. The number of benzene rings is 2. The molecule has 122 valence electrons. The zero-order valence-electron chi connectivity index (χ0n) is 12.7. The zero-order valence-corrected chi connectivity index (χ0v) is 12.7. The Balaban J connectivity index is 2.20. The first-order valence-electron chi connectivity index (χ1n) is 7.20. The SMILES string of the molecule is N#Cc1ccc(-c2ccccc2)nc1-c1cc(F)c(C(=O)O)c(F)c1. The van der Waals surface area contributed by atoms with Gasteiger partial charge in [0.15, 0.2) is 0 Å². The van der Waals surface area contributed by atoms with Gasteiger partial charge in [-0.3, -0.25) is 0 Å². The third-order valence-electron chi connectivity index (χ3n) is 3.61. The molecule has 0 aliphatic heterocycles. The van der Waals surface area contributed by atoms with Crippen molar-refractivity contribution >= 4 is 5.97 Å². The summed E-state index contributed by atoms with van der Waals surface area (Å²) in [6.45, 7) is 0. The fraction of sp³-hybridized carbons (Fsp3) is 0. The van der Waals surface area contributed by atoms with Gasteiger partial charge in [-0.1, -0.05) is 30.3 Å². The maximum absolute atomic E-state index is 14.0. The molecule has 0 aliphatic carbocycles. The van der Waals surface area contributed by atoms with Gasteiger partial charge in [0.1, 0.15) is 23.3 Å². The average Bonchev–Trinajstić information content (AvgIpc) is 2.61. The summed E-state index contributed by atoms with van der Waals surface area (Å²) in [5.41, 5.74) is 0.463. The second-order valence-corrected chi connectivity index (χ2v) is 5.19. The highest BCUT2D eigenvalue weighted by atomic mass is 19.1. The number of halogens is 2. The molecule has 3 rings (SSSR count). The van der Waals surface area contributed by atoms with E-state index in [-0.39, 0.29) is 16.8 Å². The number of pyridine rings is 1. The largest absolute Gasteiger partial charge is 0.477 e. The molecule has 0 aliphatic rings. The zero-order chi connectivity index (χ0) is 18.0. The van der Waals surface area contributed by atoms with E-state index >= 15 is 0 Å². The Morgan fingerprint density at radius 2 is 1.64 bits per heavy atom. The third-order valence-corrected chi connectivity index (χ3v) is 3.61. The number of carboxylic acids is 1. The normalized spacial score (nSPS) is 10.3. The maximum Gasteiger partial charge on any atom is 0.341 e. The Bertz CT molecular complexity index is 989. The van der Waals surface area contributed by atoms with Crippen LogP contribution >= 0.6 is 0 Å². The van der Waals surface area contributed by atoms with E-state index in [0.717, 1.165) is 17.7 Å². The standard InChI is InChI=1S/C19H10F2N2O2/c20-14-8-13(9-15(21)17(14)19(24)25)18-12(10-22)6-7-16(23-18)11-4-2-1-3-5-11/h1-9H,(H,24,25). The van der Waals surface area contributed by atoms with Gasteiger partial charge in [-0.05, 0) is 24.3 Å². The molecule has 25 heavy (non-hydrogen) atoms. The summed E-state index contributed by atoms with van der Waals surface area (Å²) in [7, 11) is 0. The van der Waals surface area contributed by atoms with E-state index in [1.54, 1.807) is 6.07 Å². The molecule has 0 fully saturated rings. The van der Waals surface area contributed by atoms with E-state index in [2.05, 4.69) is 4.98 Å². The number of carbonyl (C=O) groups is 1. The van der Waals surface area contributed by atoms with Crippen LogP contribution in [0.1, 0.15) is 15.9 Å². The highest BCUT2D eigenvalue weighted by Crippen LogP contribution is 2.28. The predicted molar refractivity (Wildman–Crippen MR) is 86.7 cm³/mol. The Hall–Kier alpha value is -3.59. The number of hydrogen-bond donors (Lipinski definition) is 1. The van der Waals surface area contributed by atoms with Gasteiger partial charge in [-0.15, -0.1) is 0 Å². The van der Waals surface area contributed by atoms with Crippen LogP contribution in [0.5, 0.6) is 0 Å². The van der Waals surface area contributed by atoms with Crippen LogP contribution in [-0.2, 0) is 0 Å². The molecule has 1 aromatic heterocycles. The topological polar surface area (TPSA) is 74.0 Å². The quantitative estimate of drug-likeness (QED) is 0.775. The van der Waals surface area contributed by atoms with E-state index in [1.165, 1.54) is 6.07 Å². The summed E-state index contributed by atoms with van der Waals surface area (Å²) in [6, 6.07) is 15.9. The summed E-state index contributed by atoms with van der Waals surface area (Å²) in [5.74, 6) is -4.15. The molecular weight excluding hydrogens is 326 g/mol. The van der Waals surface area contributed by atoms with Crippen molar-refractivity contribution < 1.29 is 18.7 Å². The highest BCUT2D eigenvalue weighted by Gasteiger charge is 2.20. The smallest absolute Gasteiger partial charge is 0.341 e. The van der Waals surface area contributed by atoms with Gasteiger partial charge in [0.25, 0.3) is 0 Å². The molecular formula is C19H10F2N2O2. The Morgan fingerprint density at radius 3 is 2.20 bits per heavy atom. The second kappa shape index (κ2) is 6.49. The number of aromatic nitrogens is 1. The number of rotatable bonds is 3. The van der Waals surface area contributed by atoms with Crippen molar-refractivity contribution in [3.05, 3.63) is 77.4 Å². The van der Waals surface area contributed by atoms with Gasteiger partial charge < -0.3 is 5.11 Å². The van der Waals surface area contributed by atoms with Crippen LogP contribution in [0, 0.1) is 23.0 Å². The third kappa shape index (κ3) is 3.08. The summed E-state index contributed by atoms with van der Waals surface area (Å²) >= 11 is 0. The monoisotopic (exact) mass is 336 g/mol. The lowest BCUT2D eigenvalue weighted by Crippen LogP contribution is -2.05. The van der Waals surface area contributed by atoms with Crippen molar-refractivity contribution in [2.45, 2.75) is 0 Å². The fourth-order valence-corrected chi connectivity index (χ4v) is 2.45. The summed E-state index contributed by atoms with van der Waals surface area (Å²) in [4.78, 5) is 15.2. The van der Waals surface area contributed by atoms with Crippen molar-refractivity contribution in [2.75, 3.05) is 0 Å². The van der Waals surface area contributed by atoms with Crippen LogP contribution in [0.15, 0.2) is 54.6 Å². The van der Waals surface area contributed by atoms with Gasteiger partial charge in [0, 0.05) is 11.1 Å². The number of carboxylic acid groups (broad SMARTS) is 1. The Kier molecular flexibility index (Phi) is 4.23. The molecule has 0 saturated heterocycles. The minimum absolute atomic E-state index is 0.00525. The van der Waals surface area contributed by atoms with Crippen molar-refractivity contribution in [1.82, 2.24) is 4.98 Å². The van der Waals surface area contributed by atoms with Crippen LogP contribution < -0.4 is 0 Å². The second-order valence-electron chi connectivity index (χ2n) is 5.19. The first-order valence-corrected chi connectivity index (χ1v) is 7.20. The van der Waals surface area contributed by atoms with Crippen molar-refractivity contribution in [1.29, 1.82) is 5.26 Å². The van der Waals surface area contributed by atoms with Crippen LogP contribution in [0.4, 0.5) is 8.78 Å². The molecule has 0 bridgehead atoms. The van der Waals surface area contributed by atoms with Gasteiger partial charge >= 0.3 is 5.97 Å².